The van der Waals surface area contributed by atoms with Gasteiger partial charge in [-0.25, -0.2) is 4.79 Å². The second-order valence-corrected chi connectivity index (χ2v) is 4.60. The van der Waals surface area contributed by atoms with Crippen LogP contribution in [-0.2, 0) is 9.59 Å². The molecule has 0 bridgehead atoms. The van der Waals surface area contributed by atoms with Crippen LogP contribution in [0.1, 0.15) is 20.3 Å². The summed E-state index contributed by atoms with van der Waals surface area (Å²) in [5.41, 5.74) is 0. The molecule has 0 amide bonds. The van der Waals surface area contributed by atoms with Crippen LogP contribution >= 0.6 is 0 Å². The third-order valence-electron chi connectivity index (χ3n) is 2.74. The molecule has 1 saturated heterocycles. The Kier molecular flexibility index (Phi) is 6.45. The maximum absolute atomic E-state index is 10.7. The molecule has 20 heavy (non-hydrogen) atoms. The zero-order valence-corrected chi connectivity index (χ0v) is 10.8. The van der Waals surface area contributed by atoms with E-state index in [4.69, 9.17) is 20.3 Å². The number of carboxylic acids is 2. The average molecular weight is 296 g/mol. The van der Waals surface area contributed by atoms with Gasteiger partial charge in [0.15, 0.2) is 0 Å². The molecule has 1 rings (SSSR count). The van der Waals surface area contributed by atoms with Gasteiger partial charge in [0.2, 0.25) is 0 Å². The number of nitriles is 1. The first kappa shape index (κ1) is 18.2. The van der Waals surface area contributed by atoms with Crippen LogP contribution in [0.4, 0.5) is 13.2 Å². The van der Waals surface area contributed by atoms with Gasteiger partial charge in [-0.1, -0.05) is 13.8 Å². The Balaban J connectivity index is 0.000000441. The quantitative estimate of drug-likeness (QED) is 0.707. The summed E-state index contributed by atoms with van der Waals surface area (Å²) in [5, 5.41) is 27.6. The molecule has 3 N–H and O–H groups in total. The van der Waals surface area contributed by atoms with Gasteiger partial charge in [-0.15, -0.1) is 0 Å². The second-order valence-electron chi connectivity index (χ2n) is 4.60. The van der Waals surface area contributed by atoms with Gasteiger partial charge in [-0.2, -0.15) is 18.4 Å². The standard InChI is InChI=1S/C9H14N2O2.C2HF3O2/c1-5(2)8-6(4-10)3-7(11-8)9(12)13;3-2(4,5)1(6)7/h5-8,11H,3H2,1-2H3,(H,12,13);(H,6,7). The first-order chi connectivity index (χ1) is 9.00. The van der Waals surface area contributed by atoms with Crippen molar-refractivity contribution in [2.75, 3.05) is 0 Å². The van der Waals surface area contributed by atoms with Crippen molar-refractivity contribution in [2.24, 2.45) is 11.8 Å². The summed E-state index contributed by atoms with van der Waals surface area (Å²) in [6.45, 7) is 3.98. The Morgan fingerprint density at radius 1 is 1.35 bits per heavy atom. The molecule has 3 atom stereocenters. The predicted molar refractivity (Wildman–Crippen MR) is 60.6 cm³/mol. The highest BCUT2D eigenvalue weighted by atomic mass is 19.4. The minimum Gasteiger partial charge on any atom is -0.480 e. The van der Waals surface area contributed by atoms with Crippen molar-refractivity contribution in [1.29, 1.82) is 5.26 Å². The normalized spacial score (nSPS) is 25.6. The van der Waals surface area contributed by atoms with E-state index < -0.39 is 24.2 Å². The minimum absolute atomic E-state index is 0.0195. The molecule has 0 aliphatic carbocycles. The highest BCUT2D eigenvalue weighted by Crippen LogP contribution is 2.25. The van der Waals surface area contributed by atoms with E-state index in [9.17, 15) is 18.0 Å². The summed E-state index contributed by atoms with van der Waals surface area (Å²) < 4.78 is 31.7. The fraction of sp³-hybridized carbons (Fsp3) is 0.727. The van der Waals surface area contributed by atoms with Crippen molar-refractivity contribution in [3.05, 3.63) is 0 Å². The molecule has 3 unspecified atom stereocenters. The van der Waals surface area contributed by atoms with Crippen molar-refractivity contribution in [1.82, 2.24) is 5.32 Å². The molecular formula is C11H15F3N2O4. The van der Waals surface area contributed by atoms with E-state index in [1.54, 1.807) is 0 Å². The Hall–Kier alpha value is -1.82. The van der Waals surface area contributed by atoms with Gasteiger partial charge in [0.25, 0.3) is 0 Å². The molecular weight excluding hydrogens is 281 g/mol. The number of alkyl halides is 3. The highest BCUT2D eigenvalue weighted by Gasteiger charge is 2.39. The number of halogens is 3. The van der Waals surface area contributed by atoms with Crippen LogP contribution in [0.15, 0.2) is 0 Å². The molecule has 1 aliphatic heterocycles. The van der Waals surface area contributed by atoms with E-state index in [0.717, 1.165) is 0 Å². The monoisotopic (exact) mass is 296 g/mol. The number of carboxylic acid groups (broad SMARTS) is 2. The maximum atomic E-state index is 10.7. The second kappa shape index (κ2) is 7.09. The SMILES string of the molecule is CC(C)C1NC(C(=O)O)CC1C#N.O=C(O)C(F)(F)F. The third kappa shape index (κ3) is 5.44. The third-order valence-corrected chi connectivity index (χ3v) is 2.74. The number of aliphatic carboxylic acids is 2. The Morgan fingerprint density at radius 3 is 2.00 bits per heavy atom. The van der Waals surface area contributed by atoms with E-state index in [2.05, 4.69) is 11.4 Å². The summed E-state index contributed by atoms with van der Waals surface area (Å²) in [5.74, 6) is -3.48. The summed E-state index contributed by atoms with van der Waals surface area (Å²) in [7, 11) is 0. The van der Waals surface area contributed by atoms with Crippen molar-refractivity contribution < 1.29 is 33.0 Å². The van der Waals surface area contributed by atoms with Crippen molar-refractivity contribution in [3.63, 3.8) is 0 Å². The molecule has 0 radical (unpaired) electrons. The maximum Gasteiger partial charge on any atom is 0.490 e. The molecule has 0 aromatic heterocycles. The van der Waals surface area contributed by atoms with E-state index in [0.29, 0.717) is 12.3 Å². The van der Waals surface area contributed by atoms with Crippen LogP contribution in [0, 0.1) is 23.2 Å². The number of hydrogen-bond acceptors (Lipinski definition) is 4. The summed E-state index contributed by atoms with van der Waals surface area (Å²) >= 11 is 0. The molecule has 9 heteroatoms. The lowest BCUT2D eigenvalue weighted by Gasteiger charge is -2.17. The molecule has 0 aromatic carbocycles. The minimum atomic E-state index is -5.08. The van der Waals surface area contributed by atoms with Crippen LogP contribution < -0.4 is 5.32 Å². The topological polar surface area (TPSA) is 110 Å². The van der Waals surface area contributed by atoms with Crippen molar-refractivity contribution in [3.8, 4) is 6.07 Å². The average Bonchev–Trinajstić information content (AvgIpc) is 2.72. The fourth-order valence-electron chi connectivity index (χ4n) is 1.78. The Labute approximate surface area is 113 Å². The first-order valence-electron chi connectivity index (χ1n) is 5.69. The van der Waals surface area contributed by atoms with Gasteiger partial charge < -0.3 is 10.2 Å². The lowest BCUT2D eigenvalue weighted by Crippen LogP contribution is -2.38. The van der Waals surface area contributed by atoms with Gasteiger partial charge >= 0.3 is 18.1 Å². The predicted octanol–water partition coefficient (Wildman–Crippen LogP) is 1.23. The van der Waals surface area contributed by atoms with E-state index in [1.165, 1.54) is 0 Å². The lowest BCUT2D eigenvalue weighted by molar-refractivity contribution is -0.192. The highest BCUT2D eigenvalue weighted by molar-refractivity contribution is 5.74. The summed E-state index contributed by atoms with van der Waals surface area (Å²) in [4.78, 5) is 19.6. The number of hydrogen-bond donors (Lipinski definition) is 3. The van der Waals surface area contributed by atoms with E-state index >= 15 is 0 Å². The number of carbonyl (C=O) groups is 2. The van der Waals surface area contributed by atoms with Crippen molar-refractivity contribution in [2.45, 2.75) is 38.5 Å². The Morgan fingerprint density at radius 2 is 1.80 bits per heavy atom. The lowest BCUT2D eigenvalue weighted by atomic mass is 9.92. The van der Waals surface area contributed by atoms with Gasteiger partial charge in [-0.3, -0.25) is 10.1 Å². The molecule has 1 heterocycles. The van der Waals surface area contributed by atoms with Gasteiger partial charge in [-0.05, 0) is 12.3 Å². The Bertz CT molecular complexity index is 403. The summed E-state index contributed by atoms with van der Waals surface area (Å²) in [6, 6.07) is 1.63. The molecule has 0 aromatic rings. The molecule has 0 spiro atoms. The van der Waals surface area contributed by atoms with Gasteiger partial charge in [0, 0.05) is 6.04 Å². The van der Waals surface area contributed by atoms with Crippen LogP contribution in [-0.4, -0.2) is 40.4 Å². The zero-order valence-electron chi connectivity index (χ0n) is 10.8. The molecule has 1 aliphatic rings. The fourth-order valence-corrected chi connectivity index (χ4v) is 1.78. The molecule has 6 nitrogen and oxygen atoms in total. The number of nitrogens with zero attached hydrogens (tertiary/aromatic N) is 1. The molecule has 0 saturated carbocycles. The van der Waals surface area contributed by atoms with E-state index in [-0.39, 0.29) is 12.0 Å². The van der Waals surface area contributed by atoms with Crippen LogP contribution in [0.25, 0.3) is 0 Å². The zero-order chi connectivity index (χ0) is 16.1. The molecule has 1 fully saturated rings. The van der Waals surface area contributed by atoms with Gasteiger partial charge in [0.05, 0.1) is 12.0 Å². The van der Waals surface area contributed by atoms with Crippen molar-refractivity contribution >= 4 is 11.9 Å². The van der Waals surface area contributed by atoms with Crippen LogP contribution in [0.2, 0.25) is 0 Å². The summed E-state index contributed by atoms with van der Waals surface area (Å²) in [6.07, 6.45) is -4.66. The van der Waals surface area contributed by atoms with Crippen LogP contribution in [0.3, 0.4) is 0 Å². The van der Waals surface area contributed by atoms with Crippen LogP contribution in [0.5, 0.6) is 0 Å². The molecule has 114 valence electrons. The smallest absolute Gasteiger partial charge is 0.480 e. The van der Waals surface area contributed by atoms with E-state index in [1.807, 2.05) is 13.8 Å². The number of nitrogens with one attached hydrogen (secondary N) is 1. The number of rotatable bonds is 2. The first-order valence-corrected chi connectivity index (χ1v) is 5.69. The van der Waals surface area contributed by atoms with Gasteiger partial charge in [0.1, 0.15) is 6.04 Å². The largest absolute Gasteiger partial charge is 0.490 e.